The van der Waals surface area contributed by atoms with Crippen molar-refractivity contribution in [3.63, 3.8) is 0 Å². The zero-order chi connectivity index (χ0) is 26.3. The lowest BCUT2D eigenvalue weighted by molar-refractivity contribution is -0.145. The van der Waals surface area contributed by atoms with Gasteiger partial charge in [0.05, 0.1) is 6.04 Å². The second-order valence-corrected chi connectivity index (χ2v) is 9.92. The number of benzene rings is 1. The summed E-state index contributed by atoms with van der Waals surface area (Å²) in [6, 6.07) is 2.64. The van der Waals surface area contributed by atoms with E-state index in [4.69, 9.17) is 5.73 Å². The van der Waals surface area contributed by atoms with Crippen LogP contribution in [0, 0.1) is 11.8 Å². The molecule has 1 aromatic rings. The number of rotatable bonds is 11. The molecule has 10 heteroatoms. The zero-order valence-electron chi connectivity index (χ0n) is 20.9. The molecule has 194 valence electrons. The maximum atomic E-state index is 13.6. The second-order valence-electron chi connectivity index (χ2n) is 9.92. The molecular formula is C25H38N4O6. The fraction of sp³-hybridized carbons (Fsp3) is 0.600. The van der Waals surface area contributed by atoms with Crippen LogP contribution < -0.4 is 16.4 Å². The van der Waals surface area contributed by atoms with Crippen molar-refractivity contribution in [2.75, 3.05) is 6.54 Å². The van der Waals surface area contributed by atoms with Crippen LogP contribution >= 0.6 is 0 Å². The van der Waals surface area contributed by atoms with Crippen molar-refractivity contribution in [2.45, 2.75) is 77.5 Å². The van der Waals surface area contributed by atoms with Crippen LogP contribution in [0.3, 0.4) is 0 Å². The molecule has 6 N–H and O–H groups in total. The molecule has 0 bridgehead atoms. The lowest BCUT2D eigenvalue weighted by Gasteiger charge is -2.30. The summed E-state index contributed by atoms with van der Waals surface area (Å²) in [6.45, 7) is 7.66. The van der Waals surface area contributed by atoms with Gasteiger partial charge in [0.1, 0.15) is 23.9 Å². The van der Waals surface area contributed by atoms with Crippen molar-refractivity contribution in [1.29, 1.82) is 0 Å². The standard InChI is InChI=1S/C25H38N4O6/c1-14(2)12-19(25(34)35)28-22(31)20-6-5-11-29(20)24(33)18(27-23(32)21(26)15(3)4)13-16-7-9-17(30)10-8-16/h7-10,14-15,18-21,30H,5-6,11-13,26H2,1-4H3,(H,27,32)(H,28,31)(H,34,35). The minimum Gasteiger partial charge on any atom is -0.508 e. The molecule has 2 rings (SSSR count). The SMILES string of the molecule is CC(C)CC(NC(=O)C1CCCN1C(=O)C(Cc1ccc(O)cc1)NC(=O)C(N)C(C)C)C(=O)O. The molecule has 10 nitrogen and oxygen atoms in total. The minimum atomic E-state index is -1.12. The molecule has 1 heterocycles. The molecule has 1 aliphatic rings. The fourth-order valence-corrected chi connectivity index (χ4v) is 4.10. The number of likely N-dealkylation sites (tertiary alicyclic amines) is 1. The molecular weight excluding hydrogens is 452 g/mol. The van der Waals surface area contributed by atoms with Gasteiger partial charge in [-0.25, -0.2) is 4.79 Å². The second kappa shape index (κ2) is 12.5. The Hall–Kier alpha value is -3.14. The number of carboxylic acid groups (broad SMARTS) is 1. The number of aliphatic carboxylic acids is 1. The Morgan fingerprint density at radius 3 is 2.23 bits per heavy atom. The molecule has 4 atom stereocenters. The van der Waals surface area contributed by atoms with Gasteiger partial charge in [-0.15, -0.1) is 0 Å². The minimum absolute atomic E-state index is 0.0628. The maximum Gasteiger partial charge on any atom is 0.326 e. The van der Waals surface area contributed by atoms with Gasteiger partial charge < -0.3 is 31.5 Å². The molecule has 1 fully saturated rings. The number of phenols is 1. The first kappa shape index (κ1) is 28.1. The van der Waals surface area contributed by atoms with Gasteiger partial charge in [-0.05, 0) is 48.8 Å². The molecule has 0 radical (unpaired) electrons. The average molecular weight is 491 g/mol. The number of hydrogen-bond acceptors (Lipinski definition) is 6. The van der Waals surface area contributed by atoms with E-state index in [1.807, 2.05) is 13.8 Å². The first-order chi connectivity index (χ1) is 16.4. The van der Waals surface area contributed by atoms with Gasteiger partial charge in [-0.1, -0.05) is 39.8 Å². The van der Waals surface area contributed by atoms with Crippen LogP contribution in [0.15, 0.2) is 24.3 Å². The van der Waals surface area contributed by atoms with Crippen LogP contribution in [0.5, 0.6) is 5.75 Å². The Bertz CT molecular complexity index is 902. The summed E-state index contributed by atoms with van der Waals surface area (Å²) in [4.78, 5) is 52.3. The van der Waals surface area contributed by atoms with Crippen LogP contribution in [0.25, 0.3) is 0 Å². The Morgan fingerprint density at radius 1 is 1.06 bits per heavy atom. The number of carbonyl (C=O) groups excluding carboxylic acids is 3. The van der Waals surface area contributed by atoms with Crippen molar-refractivity contribution in [1.82, 2.24) is 15.5 Å². The van der Waals surface area contributed by atoms with Gasteiger partial charge in [-0.2, -0.15) is 0 Å². The number of nitrogens with one attached hydrogen (secondary N) is 2. The Kier molecular flexibility index (Phi) is 10.1. The zero-order valence-corrected chi connectivity index (χ0v) is 20.9. The number of phenolic OH excluding ortho intramolecular Hbond substituents is 1. The topological polar surface area (TPSA) is 162 Å². The van der Waals surface area contributed by atoms with Gasteiger partial charge in [0.2, 0.25) is 17.7 Å². The van der Waals surface area contributed by atoms with Gasteiger partial charge in [0.15, 0.2) is 0 Å². The van der Waals surface area contributed by atoms with Crippen LogP contribution in [0.1, 0.15) is 52.5 Å². The van der Waals surface area contributed by atoms with Gasteiger partial charge in [0, 0.05) is 13.0 Å². The predicted molar refractivity (Wildman–Crippen MR) is 130 cm³/mol. The summed E-state index contributed by atoms with van der Waals surface area (Å²) in [5.74, 6) is -2.55. The highest BCUT2D eigenvalue weighted by atomic mass is 16.4. The van der Waals surface area contributed by atoms with E-state index >= 15 is 0 Å². The molecule has 4 unspecified atom stereocenters. The molecule has 35 heavy (non-hydrogen) atoms. The van der Waals surface area contributed by atoms with E-state index in [1.54, 1.807) is 26.0 Å². The lowest BCUT2D eigenvalue weighted by atomic mass is 10.0. The quantitative estimate of drug-likeness (QED) is 0.309. The molecule has 0 aromatic heterocycles. The van der Waals surface area contributed by atoms with Crippen molar-refractivity contribution in [2.24, 2.45) is 17.6 Å². The van der Waals surface area contributed by atoms with Gasteiger partial charge in [-0.3, -0.25) is 14.4 Å². The molecule has 0 aliphatic carbocycles. The first-order valence-electron chi connectivity index (χ1n) is 12.1. The van der Waals surface area contributed by atoms with Crippen LogP contribution in [0.4, 0.5) is 0 Å². The van der Waals surface area contributed by atoms with E-state index in [0.717, 1.165) is 0 Å². The van der Waals surface area contributed by atoms with Crippen molar-refractivity contribution >= 4 is 23.7 Å². The Morgan fingerprint density at radius 2 is 1.69 bits per heavy atom. The highest BCUT2D eigenvalue weighted by Crippen LogP contribution is 2.21. The fourth-order valence-electron chi connectivity index (χ4n) is 4.10. The maximum absolute atomic E-state index is 13.6. The van der Waals surface area contributed by atoms with Crippen molar-refractivity contribution in [3.05, 3.63) is 29.8 Å². The number of carbonyl (C=O) groups is 4. The average Bonchev–Trinajstić information content (AvgIpc) is 3.28. The third kappa shape index (κ3) is 7.95. The summed E-state index contributed by atoms with van der Waals surface area (Å²) in [6.07, 6.45) is 1.40. The van der Waals surface area contributed by atoms with Crippen LogP contribution in [-0.4, -0.2) is 69.5 Å². The van der Waals surface area contributed by atoms with Crippen LogP contribution in [0.2, 0.25) is 0 Å². The van der Waals surface area contributed by atoms with Crippen molar-refractivity contribution in [3.8, 4) is 5.75 Å². The van der Waals surface area contributed by atoms with Gasteiger partial charge >= 0.3 is 5.97 Å². The third-order valence-corrected chi connectivity index (χ3v) is 6.17. The lowest BCUT2D eigenvalue weighted by Crippen LogP contribution is -2.57. The summed E-state index contributed by atoms with van der Waals surface area (Å²) >= 11 is 0. The number of carboxylic acids is 1. The van der Waals surface area contributed by atoms with E-state index in [9.17, 15) is 29.4 Å². The Balaban J connectivity index is 2.23. The highest BCUT2D eigenvalue weighted by molar-refractivity contribution is 5.94. The number of nitrogens with two attached hydrogens (primary N) is 1. The molecule has 1 aliphatic heterocycles. The smallest absolute Gasteiger partial charge is 0.326 e. The summed E-state index contributed by atoms with van der Waals surface area (Å²) in [5, 5.41) is 24.4. The van der Waals surface area contributed by atoms with Crippen LogP contribution in [-0.2, 0) is 25.6 Å². The monoisotopic (exact) mass is 490 g/mol. The third-order valence-electron chi connectivity index (χ3n) is 6.17. The summed E-state index contributed by atoms with van der Waals surface area (Å²) in [5.41, 5.74) is 6.69. The number of aromatic hydroxyl groups is 1. The predicted octanol–water partition coefficient (Wildman–Crippen LogP) is 1.01. The molecule has 0 spiro atoms. The summed E-state index contributed by atoms with van der Waals surface area (Å²) in [7, 11) is 0. The number of amides is 3. The van der Waals surface area contributed by atoms with E-state index < -0.39 is 47.9 Å². The number of hydrogen-bond donors (Lipinski definition) is 5. The normalized spacial score (nSPS) is 18.3. The van der Waals surface area contributed by atoms with Crippen molar-refractivity contribution < 1.29 is 29.4 Å². The molecule has 3 amide bonds. The largest absolute Gasteiger partial charge is 0.508 e. The first-order valence-corrected chi connectivity index (χ1v) is 12.1. The Labute approximate surface area is 206 Å². The molecule has 0 saturated carbocycles. The van der Waals surface area contributed by atoms with E-state index in [2.05, 4.69) is 10.6 Å². The molecule has 1 aromatic carbocycles. The van der Waals surface area contributed by atoms with E-state index in [-0.39, 0.29) is 30.4 Å². The molecule has 1 saturated heterocycles. The van der Waals surface area contributed by atoms with E-state index in [0.29, 0.717) is 24.9 Å². The highest BCUT2D eigenvalue weighted by Gasteiger charge is 2.39. The van der Waals surface area contributed by atoms with E-state index in [1.165, 1.54) is 17.0 Å². The van der Waals surface area contributed by atoms with Gasteiger partial charge in [0.25, 0.3) is 0 Å². The number of nitrogens with zero attached hydrogens (tertiary/aromatic N) is 1. The summed E-state index contributed by atoms with van der Waals surface area (Å²) < 4.78 is 0.